The molecule has 0 rings (SSSR count). The lowest BCUT2D eigenvalue weighted by molar-refractivity contribution is 0.494. The maximum atomic E-state index is 10.1. The first-order valence-corrected chi connectivity index (χ1v) is 7.94. The van der Waals surface area contributed by atoms with E-state index in [4.69, 9.17) is 4.55 Å². The molecule has 0 spiro atoms. The Morgan fingerprint density at radius 3 is 1.18 bits per heavy atom. The third kappa shape index (κ3) is 2.02. The van der Waals surface area contributed by atoms with Crippen molar-refractivity contribution in [3.63, 3.8) is 0 Å². The quantitative estimate of drug-likeness (QED) is 0.363. The van der Waals surface area contributed by atoms with Crippen LogP contribution in [0.2, 0.25) is 0 Å². The van der Waals surface area contributed by atoms with Gasteiger partial charge in [0.25, 0.3) is 0 Å². The maximum Gasteiger partial charge on any atom is 0.395 e. The standard InChI is InChI=1S/ClHO7S3/c1-9(2,3)11(7,8)10(4,5)6/h(H,4,5,6). The molecule has 0 aliphatic carbocycles. The molecule has 0 bridgehead atoms. The number of rotatable bonds is 2. The molecule has 7 nitrogen and oxygen atoms in total. The van der Waals surface area contributed by atoms with Gasteiger partial charge >= 0.3 is 25.1 Å². The molecule has 0 saturated heterocycles. The Kier molecular flexibility index (Phi) is 2.58. The maximum absolute atomic E-state index is 10.1. The molecular formula is HClO7S3. The second-order valence-electron chi connectivity index (χ2n) is 1.23. The Labute approximate surface area is 65.9 Å². The molecule has 0 aromatic rings. The Bertz CT molecular complexity index is 392. The number of hydrogen-bond donors (Lipinski definition) is 1. The van der Waals surface area contributed by atoms with Gasteiger partial charge in [-0.1, -0.05) is 0 Å². The van der Waals surface area contributed by atoms with Gasteiger partial charge < -0.3 is 0 Å². The van der Waals surface area contributed by atoms with Gasteiger partial charge in [-0.05, 0) is 0 Å². The molecule has 0 unspecified atom stereocenters. The van der Waals surface area contributed by atoms with Crippen molar-refractivity contribution in [2.24, 2.45) is 0 Å². The van der Waals surface area contributed by atoms with E-state index in [0.29, 0.717) is 0 Å². The molecule has 0 atom stereocenters. The summed E-state index contributed by atoms with van der Waals surface area (Å²) in [6, 6.07) is 0. The van der Waals surface area contributed by atoms with Crippen LogP contribution in [0, 0.1) is 0 Å². The molecule has 68 valence electrons. The zero-order valence-corrected chi connectivity index (χ0v) is 7.70. The normalized spacial score (nSPS) is 14.7. The van der Waals surface area contributed by atoms with Crippen molar-refractivity contribution in [2.45, 2.75) is 0 Å². The van der Waals surface area contributed by atoms with Crippen LogP contribution in [0.1, 0.15) is 0 Å². The summed E-state index contributed by atoms with van der Waals surface area (Å²) < 4.78 is 67.5. The monoisotopic (exact) mass is 244 g/mol. The lowest BCUT2D eigenvalue weighted by Gasteiger charge is -1.92. The number of hydrogen-bond acceptors (Lipinski definition) is 6. The van der Waals surface area contributed by atoms with Crippen molar-refractivity contribution in [3.05, 3.63) is 0 Å². The molecule has 0 amide bonds. The first-order valence-electron chi connectivity index (χ1n) is 1.67. The highest BCUT2D eigenvalue weighted by Gasteiger charge is 2.40. The zero-order valence-electron chi connectivity index (χ0n) is 4.50. The third-order valence-corrected chi connectivity index (χ3v) is 9.84. The largest absolute Gasteiger partial charge is 0.395 e. The van der Waals surface area contributed by atoms with Crippen LogP contribution in [-0.2, 0) is 25.1 Å². The molecule has 11 heavy (non-hydrogen) atoms. The molecule has 0 aromatic heterocycles. The van der Waals surface area contributed by atoms with Crippen molar-refractivity contribution < 1.29 is 29.8 Å². The fourth-order valence-electron chi connectivity index (χ4n) is 0.103. The SMILES string of the molecule is O=S(=O)(O)S(=O)(=O)S(=O)(=O)Cl. The van der Waals surface area contributed by atoms with Gasteiger partial charge in [0.1, 0.15) is 0 Å². The van der Waals surface area contributed by atoms with Crippen LogP contribution >= 0.6 is 10.7 Å². The van der Waals surface area contributed by atoms with Crippen molar-refractivity contribution >= 4 is 35.8 Å². The molecule has 0 aliphatic heterocycles. The van der Waals surface area contributed by atoms with Crippen LogP contribution < -0.4 is 0 Å². The molecule has 0 fully saturated rings. The molecule has 0 radical (unpaired) electrons. The molecule has 11 heteroatoms. The summed E-state index contributed by atoms with van der Waals surface area (Å²) in [5, 5.41) is 0. The van der Waals surface area contributed by atoms with E-state index < -0.39 is 25.1 Å². The summed E-state index contributed by atoms with van der Waals surface area (Å²) in [6.07, 6.45) is 0. The van der Waals surface area contributed by atoms with Gasteiger partial charge in [0.05, 0.1) is 0 Å². The van der Waals surface area contributed by atoms with Crippen LogP contribution in [0.4, 0.5) is 0 Å². The second-order valence-corrected chi connectivity index (χ2v) is 11.3. The van der Waals surface area contributed by atoms with Gasteiger partial charge in [-0.15, -0.1) is 0 Å². The predicted octanol–water partition coefficient (Wildman–Crippen LogP) is -1.31. The minimum atomic E-state index is -5.75. The van der Waals surface area contributed by atoms with E-state index in [-0.39, 0.29) is 0 Å². The Balaban J connectivity index is 5.92. The molecule has 0 saturated carbocycles. The Morgan fingerprint density at radius 1 is 0.909 bits per heavy atom. The van der Waals surface area contributed by atoms with E-state index in [2.05, 4.69) is 10.7 Å². The van der Waals surface area contributed by atoms with Crippen molar-refractivity contribution in [2.75, 3.05) is 0 Å². The van der Waals surface area contributed by atoms with Gasteiger partial charge in [0, 0.05) is 10.7 Å². The van der Waals surface area contributed by atoms with Crippen molar-refractivity contribution in [1.82, 2.24) is 0 Å². The minimum absolute atomic E-state index is 4.15. The van der Waals surface area contributed by atoms with Gasteiger partial charge in [-0.3, -0.25) is 4.55 Å². The summed E-state index contributed by atoms with van der Waals surface area (Å²) >= 11 is 0. The van der Waals surface area contributed by atoms with Crippen molar-refractivity contribution in [1.29, 1.82) is 0 Å². The number of halogens is 1. The average molecular weight is 245 g/mol. The van der Waals surface area contributed by atoms with E-state index in [1.54, 1.807) is 0 Å². The molecular weight excluding hydrogens is 244 g/mol. The van der Waals surface area contributed by atoms with Gasteiger partial charge in [-0.2, -0.15) is 25.3 Å². The summed E-state index contributed by atoms with van der Waals surface area (Å²) in [6.45, 7) is 0. The van der Waals surface area contributed by atoms with Crippen LogP contribution in [0.25, 0.3) is 0 Å². The van der Waals surface area contributed by atoms with Gasteiger partial charge in [0.15, 0.2) is 0 Å². The highest BCUT2D eigenvalue weighted by Crippen LogP contribution is 2.14. The van der Waals surface area contributed by atoms with Gasteiger partial charge in [-0.25, -0.2) is 0 Å². The van der Waals surface area contributed by atoms with E-state index in [1.807, 2.05) is 0 Å². The van der Waals surface area contributed by atoms with E-state index >= 15 is 0 Å². The smallest absolute Gasteiger partial charge is 0.273 e. The van der Waals surface area contributed by atoms with Crippen LogP contribution in [0.15, 0.2) is 0 Å². The lowest BCUT2D eigenvalue weighted by Crippen LogP contribution is -2.19. The first-order chi connectivity index (χ1) is 4.50. The van der Waals surface area contributed by atoms with Crippen LogP contribution in [-0.4, -0.2) is 29.8 Å². The highest BCUT2D eigenvalue weighted by atomic mass is 35.8. The molecule has 0 aliphatic rings. The third-order valence-electron chi connectivity index (χ3n) is 0.502. The van der Waals surface area contributed by atoms with E-state index in [1.165, 1.54) is 0 Å². The van der Waals surface area contributed by atoms with E-state index in [9.17, 15) is 25.3 Å². The fourth-order valence-corrected chi connectivity index (χ4v) is 4.53. The summed E-state index contributed by atoms with van der Waals surface area (Å²) in [7, 11) is -12.7. The predicted molar refractivity (Wildman–Crippen MR) is 35.2 cm³/mol. The summed E-state index contributed by atoms with van der Waals surface area (Å²) in [5.41, 5.74) is 0. The summed E-state index contributed by atoms with van der Waals surface area (Å²) in [5.74, 6) is 0. The fraction of sp³-hybridized carbons (Fsp3) is 0. The van der Waals surface area contributed by atoms with Crippen molar-refractivity contribution in [3.8, 4) is 0 Å². The average Bonchev–Trinajstić information content (AvgIpc) is 1.58. The molecule has 1 N–H and O–H groups in total. The topological polar surface area (TPSA) is 123 Å². The molecule has 0 heterocycles. The van der Waals surface area contributed by atoms with Crippen LogP contribution in [0.5, 0.6) is 0 Å². The molecule has 0 aromatic carbocycles. The van der Waals surface area contributed by atoms with Crippen LogP contribution in [0.3, 0.4) is 0 Å². The van der Waals surface area contributed by atoms with E-state index in [0.717, 1.165) is 0 Å². The summed E-state index contributed by atoms with van der Waals surface area (Å²) in [4.78, 5) is 0. The Morgan fingerprint density at radius 2 is 1.18 bits per heavy atom. The second kappa shape index (κ2) is 2.55. The first kappa shape index (κ1) is 11.1. The highest BCUT2D eigenvalue weighted by molar-refractivity contribution is 9.02. The minimum Gasteiger partial charge on any atom is -0.273 e. The zero-order chi connectivity index (χ0) is 9.50. The Hall–Kier alpha value is 0.1000. The van der Waals surface area contributed by atoms with Gasteiger partial charge in [0.2, 0.25) is 0 Å². The lowest BCUT2D eigenvalue weighted by atomic mass is 15.9.